The highest BCUT2D eigenvalue weighted by atomic mass is 32.2. The van der Waals surface area contributed by atoms with Crippen molar-refractivity contribution in [3.05, 3.63) is 0 Å². The molecule has 0 aliphatic carbocycles. The van der Waals surface area contributed by atoms with Crippen molar-refractivity contribution in [1.82, 2.24) is 0 Å². The van der Waals surface area contributed by atoms with E-state index >= 15 is 0 Å². The first-order chi connectivity index (χ1) is 5.33. The van der Waals surface area contributed by atoms with Crippen molar-refractivity contribution < 1.29 is 17.8 Å². The molecule has 1 amide bonds. The monoisotopic (exact) mass is 195 g/mol. The SMILES string of the molecule is CC(CCCS(=O)(=O)O)C(N)=O. The fraction of sp³-hybridized carbons (Fsp3) is 0.833. The van der Waals surface area contributed by atoms with Crippen molar-refractivity contribution in [2.24, 2.45) is 11.7 Å². The summed E-state index contributed by atoms with van der Waals surface area (Å²) in [7, 11) is -3.90. The van der Waals surface area contributed by atoms with Gasteiger partial charge in [-0.1, -0.05) is 6.92 Å². The Kier molecular flexibility index (Phi) is 4.19. The van der Waals surface area contributed by atoms with Crippen molar-refractivity contribution in [3.8, 4) is 0 Å². The van der Waals surface area contributed by atoms with Crippen LogP contribution in [0.25, 0.3) is 0 Å². The van der Waals surface area contributed by atoms with Crippen LogP contribution in [0.4, 0.5) is 0 Å². The molecule has 0 spiro atoms. The Balaban J connectivity index is 3.65. The Morgan fingerprint density at radius 1 is 1.58 bits per heavy atom. The van der Waals surface area contributed by atoms with Crippen LogP contribution in [-0.2, 0) is 14.9 Å². The number of rotatable bonds is 5. The highest BCUT2D eigenvalue weighted by Gasteiger charge is 2.10. The van der Waals surface area contributed by atoms with Crippen LogP contribution >= 0.6 is 0 Å². The zero-order valence-corrected chi connectivity index (χ0v) is 7.67. The Morgan fingerprint density at radius 3 is 2.42 bits per heavy atom. The summed E-state index contributed by atoms with van der Waals surface area (Å²) in [5, 5.41) is 0. The maximum absolute atomic E-state index is 10.5. The van der Waals surface area contributed by atoms with E-state index in [4.69, 9.17) is 10.3 Å². The minimum Gasteiger partial charge on any atom is -0.369 e. The van der Waals surface area contributed by atoms with Crippen LogP contribution in [0.15, 0.2) is 0 Å². The highest BCUT2D eigenvalue weighted by molar-refractivity contribution is 7.85. The molecule has 0 radical (unpaired) electrons. The van der Waals surface area contributed by atoms with Crippen LogP contribution in [0.1, 0.15) is 19.8 Å². The van der Waals surface area contributed by atoms with Gasteiger partial charge in [-0.05, 0) is 12.8 Å². The first-order valence-electron chi connectivity index (χ1n) is 3.57. The van der Waals surface area contributed by atoms with E-state index in [1.54, 1.807) is 6.92 Å². The molecule has 1 unspecified atom stereocenters. The third kappa shape index (κ3) is 6.11. The summed E-state index contributed by atoms with van der Waals surface area (Å²) in [6, 6.07) is 0. The second-order valence-electron chi connectivity index (χ2n) is 2.73. The van der Waals surface area contributed by atoms with E-state index in [9.17, 15) is 13.2 Å². The van der Waals surface area contributed by atoms with Crippen LogP contribution in [0, 0.1) is 5.92 Å². The van der Waals surface area contributed by atoms with Crippen molar-refractivity contribution in [2.45, 2.75) is 19.8 Å². The average Bonchev–Trinajstić information content (AvgIpc) is 1.84. The van der Waals surface area contributed by atoms with Gasteiger partial charge in [-0.3, -0.25) is 9.35 Å². The van der Waals surface area contributed by atoms with E-state index in [2.05, 4.69) is 0 Å². The van der Waals surface area contributed by atoms with E-state index < -0.39 is 16.0 Å². The molecule has 0 aromatic carbocycles. The van der Waals surface area contributed by atoms with Gasteiger partial charge in [0.1, 0.15) is 0 Å². The molecule has 3 N–H and O–H groups in total. The summed E-state index contributed by atoms with van der Waals surface area (Å²) in [6.45, 7) is 1.62. The second-order valence-corrected chi connectivity index (χ2v) is 4.30. The number of carbonyl (C=O) groups excluding carboxylic acids is 1. The fourth-order valence-corrected chi connectivity index (χ4v) is 1.25. The molecule has 0 saturated carbocycles. The molecule has 6 heteroatoms. The van der Waals surface area contributed by atoms with Gasteiger partial charge in [-0.15, -0.1) is 0 Å². The minimum atomic E-state index is -3.90. The van der Waals surface area contributed by atoms with Crippen molar-refractivity contribution in [2.75, 3.05) is 5.75 Å². The van der Waals surface area contributed by atoms with Crippen molar-refractivity contribution >= 4 is 16.0 Å². The lowest BCUT2D eigenvalue weighted by Crippen LogP contribution is -2.21. The summed E-state index contributed by atoms with van der Waals surface area (Å²) < 4.78 is 28.8. The molecule has 0 rings (SSSR count). The second kappa shape index (κ2) is 4.42. The molecule has 72 valence electrons. The zero-order chi connectivity index (χ0) is 9.78. The van der Waals surface area contributed by atoms with Crippen LogP contribution in [0.3, 0.4) is 0 Å². The molecule has 0 heterocycles. The standard InChI is InChI=1S/C6H13NO4S/c1-5(6(7)8)3-2-4-12(9,10)11/h5H,2-4H2,1H3,(H2,7,8)(H,9,10,11). The Hall–Kier alpha value is -0.620. The predicted octanol–water partition coefficient (Wildman–Crippen LogP) is -0.224. The average molecular weight is 195 g/mol. The quantitative estimate of drug-likeness (QED) is 0.592. The van der Waals surface area contributed by atoms with E-state index in [0.29, 0.717) is 6.42 Å². The molecule has 0 aromatic rings. The zero-order valence-electron chi connectivity index (χ0n) is 6.86. The normalized spacial score (nSPS) is 14.2. The molecule has 0 saturated heterocycles. The third-order valence-electron chi connectivity index (χ3n) is 1.53. The molecular weight excluding hydrogens is 182 g/mol. The molecule has 0 aliphatic rings. The first kappa shape index (κ1) is 11.4. The van der Waals surface area contributed by atoms with Gasteiger partial charge >= 0.3 is 0 Å². The Labute approximate surface area is 71.7 Å². The Bertz CT molecular complexity index is 246. The maximum atomic E-state index is 10.5. The molecule has 0 aromatic heterocycles. The van der Waals surface area contributed by atoms with Gasteiger partial charge in [0.2, 0.25) is 5.91 Å². The molecule has 12 heavy (non-hydrogen) atoms. The lowest BCUT2D eigenvalue weighted by atomic mass is 10.1. The number of carbonyl (C=O) groups is 1. The van der Waals surface area contributed by atoms with Gasteiger partial charge in [-0.2, -0.15) is 8.42 Å². The molecular formula is C6H13NO4S. The van der Waals surface area contributed by atoms with Gasteiger partial charge in [0, 0.05) is 5.92 Å². The number of hydrogen-bond donors (Lipinski definition) is 2. The van der Waals surface area contributed by atoms with E-state index in [1.165, 1.54) is 0 Å². The summed E-state index contributed by atoms with van der Waals surface area (Å²) >= 11 is 0. The number of primary amides is 1. The molecule has 5 nitrogen and oxygen atoms in total. The van der Waals surface area contributed by atoms with Crippen LogP contribution in [-0.4, -0.2) is 24.6 Å². The maximum Gasteiger partial charge on any atom is 0.264 e. The summed E-state index contributed by atoms with van der Waals surface area (Å²) in [5.41, 5.74) is 4.93. The predicted molar refractivity (Wildman–Crippen MR) is 44.0 cm³/mol. The van der Waals surface area contributed by atoms with E-state index in [-0.39, 0.29) is 18.1 Å². The lowest BCUT2D eigenvalue weighted by Gasteiger charge is -2.04. The number of hydrogen-bond acceptors (Lipinski definition) is 3. The molecule has 1 atom stereocenters. The largest absolute Gasteiger partial charge is 0.369 e. The van der Waals surface area contributed by atoms with Gasteiger partial charge < -0.3 is 5.73 Å². The smallest absolute Gasteiger partial charge is 0.264 e. The topological polar surface area (TPSA) is 97.5 Å². The number of amides is 1. The van der Waals surface area contributed by atoms with Gasteiger partial charge in [0.15, 0.2) is 0 Å². The summed E-state index contributed by atoms with van der Waals surface area (Å²) in [6.07, 6.45) is 0.637. The van der Waals surface area contributed by atoms with Crippen molar-refractivity contribution in [1.29, 1.82) is 0 Å². The summed E-state index contributed by atoms with van der Waals surface area (Å²) in [5.74, 6) is -1.11. The van der Waals surface area contributed by atoms with Crippen LogP contribution in [0.2, 0.25) is 0 Å². The van der Waals surface area contributed by atoms with Gasteiger partial charge in [0.05, 0.1) is 5.75 Å². The first-order valence-corrected chi connectivity index (χ1v) is 5.18. The molecule has 0 fully saturated rings. The fourth-order valence-electron chi connectivity index (χ4n) is 0.714. The number of nitrogens with two attached hydrogens (primary N) is 1. The molecule has 0 aliphatic heterocycles. The summed E-state index contributed by atoms with van der Waals surface area (Å²) in [4.78, 5) is 10.5. The van der Waals surface area contributed by atoms with Crippen LogP contribution < -0.4 is 5.73 Å². The van der Waals surface area contributed by atoms with Crippen LogP contribution in [0.5, 0.6) is 0 Å². The van der Waals surface area contributed by atoms with Gasteiger partial charge in [0.25, 0.3) is 10.1 Å². The van der Waals surface area contributed by atoms with E-state index in [1.807, 2.05) is 0 Å². The lowest BCUT2D eigenvalue weighted by molar-refractivity contribution is -0.121. The van der Waals surface area contributed by atoms with Gasteiger partial charge in [-0.25, -0.2) is 0 Å². The highest BCUT2D eigenvalue weighted by Crippen LogP contribution is 2.05. The van der Waals surface area contributed by atoms with Crippen molar-refractivity contribution in [3.63, 3.8) is 0 Å². The third-order valence-corrected chi connectivity index (χ3v) is 2.33. The minimum absolute atomic E-state index is 0.253. The Morgan fingerprint density at radius 2 is 2.08 bits per heavy atom. The molecule has 0 bridgehead atoms. The van der Waals surface area contributed by atoms with E-state index in [0.717, 1.165) is 0 Å².